The van der Waals surface area contributed by atoms with E-state index in [2.05, 4.69) is 31.1 Å². The number of piperazine rings is 1. The molecule has 0 spiro atoms. The molecular weight excluding hydrogens is 456 g/mol. The van der Waals surface area contributed by atoms with Crippen LogP contribution in [0.2, 0.25) is 0 Å². The first kappa shape index (κ1) is 21.7. The maximum Gasteiger partial charge on any atom is 0.274 e. The van der Waals surface area contributed by atoms with Gasteiger partial charge in [-0.25, -0.2) is 14.5 Å². The van der Waals surface area contributed by atoms with Crippen molar-refractivity contribution in [3.05, 3.63) is 73.5 Å². The monoisotopic (exact) mass is 480 g/mol. The molecule has 1 aliphatic heterocycles. The van der Waals surface area contributed by atoms with Crippen LogP contribution < -0.4 is 10.6 Å². The molecule has 0 aliphatic carbocycles. The number of carbonyl (C=O) groups is 1. The van der Waals surface area contributed by atoms with Crippen LogP contribution in [-0.2, 0) is 7.05 Å². The number of rotatable bonds is 4. The minimum atomic E-state index is -0.0954. The largest absolute Gasteiger partial charge is 0.396 e. The summed E-state index contributed by atoms with van der Waals surface area (Å²) in [5.74, 6) is 0.772. The minimum Gasteiger partial charge on any atom is -0.396 e. The number of pyridine rings is 2. The van der Waals surface area contributed by atoms with E-state index in [0.717, 1.165) is 33.6 Å². The fraction of sp³-hybridized carbons (Fsp3) is 0.200. The van der Waals surface area contributed by atoms with Gasteiger partial charge >= 0.3 is 0 Å². The Morgan fingerprint density at radius 1 is 0.889 bits per heavy atom. The molecule has 6 heterocycles. The Balaban J connectivity index is 1.24. The van der Waals surface area contributed by atoms with Crippen LogP contribution in [0.5, 0.6) is 0 Å². The third-order valence-electron chi connectivity index (χ3n) is 6.41. The third kappa shape index (κ3) is 3.90. The molecule has 11 heteroatoms. The van der Waals surface area contributed by atoms with Crippen LogP contribution in [0.1, 0.15) is 10.5 Å². The van der Waals surface area contributed by atoms with Crippen molar-refractivity contribution in [3.8, 4) is 22.3 Å². The summed E-state index contributed by atoms with van der Waals surface area (Å²) in [6, 6.07) is 6.15. The van der Waals surface area contributed by atoms with Crippen LogP contribution in [-0.4, -0.2) is 71.3 Å². The molecule has 0 radical (unpaired) electrons. The lowest BCUT2D eigenvalue weighted by Gasteiger charge is -2.35. The molecule has 5 aromatic rings. The number of carbonyl (C=O) groups excluding carboxylic acids is 1. The number of hydrogen-bond donors (Lipinski definition) is 1. The second-order valence-electron chi connectivity index (χ2n) is 8.71. The van der Waals surface area contributed by atoms with Gasteiger partial charge in [-0.2, -0.15) is 10.2 Å². The normalized spacial score (nSPS) is 13.9. The van der Waals surface area contributed by atoms with Gasteiger partial charge in [-0.1, -0.05) is 0 Å². The molecule has 1 amide bonds. The number of aromatic nitrogens is 7. The van der Waals surface area contributed by atoms with Crippen molar-refractivity contribution in [3.63, 3.8) is 0 Å². The van der Waals surface area contributed by atoms with Crippen molar-refractivity contribution in [2.75, 3.05) is 36.8 Å². The lowest BCUT2D eigenvalue weighted by molar-refractivity contribution is 0.0740. The predicted molar refractivity (Wildman–Crippen MR) is 135 cm³/mol. The maximum atomic E-state index is 12.7. The van der Waals surface area contributed by atoms with Crippen LogP contribution in [0.4, 0.5) is 11.5 Å². The van der Waals surface area contributed by atoms with Gasteiger partial charge in [0, 0.05) is 86.5 Å². The van der Waals surface area contributed by atoms with E-state index in [9.17, 15) is 4.79 Å². The second-order valence-corrected chi connectivity index (χ2v) is 8.71. The first-order chi connectivity index (χ1) is 17.6. The summed E-state index contributed by atoms with van der Waals surface area (Å²) in [4.78, 5) is 29.5. The summed E-state index contributed by atoms with van der Waals surface area (Å²) in [5.41, 5.74) is 12.0. The Kier molecular flexibility index (Phi) is 5.29. The summed E-state index contributed by atoms with van der Waals surface area (Å²) in [5, 5.41) is 8.72. The lowest BCUT2D eigenvalue weighted by atomic mass is 10.0. The SMILES string of the molecule is Cn1cc(-c2cc(-c3ccc(N4CCN(C(=O)c5cnccn5)CC4)nc3)c3c(N)cnn3c2)cn1. The van der Waals surface area contributed by atoms with Gasteiger partial charge in [0.2, 0.25) is 0 Å². The third-order valence-corrected chi connectivity index (χ3v) is 6.41. The van der Waals surface area contributed by atoms with Gasteiger partial charge in [-0.3, -0.25) is 14.5 Å². The van der Waals surface area contributed by atoms with Crippen LogP contribution >= 0.6 is 0 Å². The fourth-order valence-electron chi connectivity index (χ4n) is 4.54. The summed E-state index contributed by atoms with van der Waals surface area (Å²) < 4.78 is 3.57. The molecule has 1 aliphatic rings. The Morgan fingerprint density at radius 3 is 2.44 bits per heavy atom. The maximum absolute atomic E-state index is 12.7. The quantitative estimate of drug-likeness (QED) is 0.415. The number of hydrogen-bond acceptors (Lipinski definition) is 8. The molecule has 11 nitrogen and oxygen atoms in total. The number of nitrogen functional groups attached to an aromatic ring is 1. The molecule has 0 unspecified atom stereocenters. The van der Waals surface area contributed by atoms with E-state index in [1.165, 1.54) is 12.4 Å². The summed E-state index contributed by atoms with van der Waals surface area (Å²) in [6.07, 6.45) is 13.9. The Labute approximate surface area is 206 Å². The summed E-state index contributed by atoms with van der Waals surface area (Å²) in [6.45, 7) is 2.57. The van der Waals surface area contributed by atoms with Gasteiger partial charge in [0.15, 0.2) is 0 Å². The van der Waals surface area contributed by atoms with E-state index < -0.39 is 0 Å². The van der Waals surface area contributed by atoms with E-state index in [0.29, 0.717) is 37.6 Å². The van der Waals surface area contributed by atoms with Gasteiger partial charge < -0.3 is 15.5 Å². The molecule has 0 atom stereocenters. The number of nitrogens with two attached hydrogens (primary N) is 1. The van der Waals surface area contributed by atoms with E-state index in [-0.39, 0.29) is 5.91 Å². The molecule has 5 aromatic heterocycles. The number of amides is 1. The molecule has 0 aromatic carbocycles. The smallest absolute Gasteiger partial charge is 0.274 e. The highest BCUT2D eigenvalue weighted by molar-refractivity contribution is 5.92. The molecule has 0 saturated carbocycles. The van der Waals surface area contributed by atoms with Crippen LogP contribution in [0.3, 0.4) is 0 Å². The van der Waals surface area contributed by atoms with Gasteiger partial charge in [-0.05, 0) is 18.2 Å². The van der Waals surface area contributed by atoms with Crippen LogP contribution in [0.15, 0.2) is 67.8 Å². The van der Waals surface area contributed by atoms with Gasteiger partial charge in [-0.15, -0.1) is 0 Å². The molecule has 1 fully saturated rings. The molecular formula is C25H24N10O. The van der Waals surface area contributed by atoms with E-state index in [1.807, 2.05) is 44.0 Å². The van der Waals surface area contributed by atoms with Crippen molar-refractivity contribution in [1.29, 1.82) is 0 Å². The molecule has 6 rings (SSSR count). The number of nitrogens with zero attached hydrogens (tertiary/aromatic N) is 9. The number of fused-ring (bicyclic) bond motifs is 1. The zero-order valence-electron chi connectivity index (χ0n) is 19.7. The Bertz CT molecular complexity index is 1530. The summed E-state index contributed by atoms with van der Waals surface area (Å²) in [7, 11) is 1.89. The van der Waals surface area contributed by atoms with Gasteiger partial charge in [0.05, 0.1) is 29.8 Å². The van der Waals surface area contributed by atoms with E-state index in [4.69, 9.17) is 10.7 Å². The van der Waals surface area contributed by atoms with E-state index >= 15 is 0 Å². The number of aryl methyl sites for hydroxylation is 1. The fourth-order valence-corrected chi connectivity index (χ4v) is 4.54. The standard InChI is InChI=1S/C25H24N10O/c1-32-15-19(12-30-32)18-10-20(24-21(26)13-31-35(24)16-18)17-2-3-23(29-11-17)33-6-8-34(9-7-33)25(36)22-14-27-4-5-28-22/h2-5,10-16H,6-9,26H2,1H3. The van der Waals surface area contributed by atoms with Crippen molar-refractivity contribution in [2.45, 2.75) is 0 Å². The topological polar surface area (TPSA) is 123 Å². The molecule has 180 valence electrons. The van der Waals surface area contributed by atoms with Gasteiger partial charge in [0.25, 0.3) is 5.91 Å². The van der Waals surface area contributed by atoms with Crippen molar-refractivity contribution in [1.82, 2.24) is 39.2 Å². The Morgan fingerprint density at radius 2 is 1.75 bits per heavy atom. The minimum absolute atomic E-state index is 0.0954. The van der Waals surface area contributed by atoms with Crippen molar-refractivity contribution >= 4 is 22.9 Å². The van der Waals surface area contributed by atoms with Gasteiger partial charge in [0.1, 0.15) is 11.5 Å². The van der Waals surface area contributed by atoms with Crippen molar-refractivity contribution in [2.24, 2.45) is 7.05 Å². The van der Waals surface area contributed by atoms with Crippen LogP contribution in [0.25, 0.3) is 27.8 Å². The second kappa shape index (κ2) is 8.77. The predicted octanol–water partition coefficient (Wildman–Crippen LogP) is 2.13. The average Bonchev–Trinajstić information content (AvgIpc) is 3.54. The molecule has 0 bridgehead atoms. The highest BCUT2D eigenvalue weighted by Gasteiger charge is 2.24. The van der Waals surface area contributed by atoms with Crippen LogP contribution in [0, 0.1) is 0 Å². The first-order valence-corrected chi connectivity index (χ1v) is 11.6. The highest BCUT2D eigenvalue weighted by atomic mass is 16.2. The molecule has 2 N–H and O–H groups in total. The first-order valence-electron chi connectivity index (χ1n) is 11.6. The Hall–Kier alpha value is -4.80. The van der Waals surface area contributed by atoms with E-state index in [1.54, 1.807) is 26.5 Å². The molecule has 36 heavy (non-hydrogen) atoms. The molecule has 1 saturated heterocycles. The zero-order chi connectivity index (χ0) is 24.6. The zero-order valence-corrected chi connectivity index (χ0v) is 19.7. The number of anilines is 2. The summed E-state index contributed by atoms with van der Waals surface area (Å²) >= 11 is 0. The van der Waals surface area contributed by atoms with Crippen molar-refractivity contribution < 1.29 is 4.79 Å². The average molecular weight is 481 g/mol. The highest BCUT2D eigenvalue weighted by Crippen LogP contribution is 2.33. The lowest BCUT2D eigenvalue weighted by Crippen LogP contribution is -2.49.